The van der Waals surface area contributed by atoms with Gasteiger partial charge in [0.15, 0.2) is 0 Å². The van der Waals surface area contributed by atoms with Crippen molar-refractivity contribution in [3.8, 4) is 0 Å². The van der Waals surface area contributed by atoms with Crippen LogP contribution in [0.1, 0.15) is 24.5 Å². The number of rotatable bonds is 6. The summed E-state index contributed by atoms with van der Waals surface area (Å²) in [4.78, 5) is 0. The Morgan fingerprint density at radius 3 is 2.73 bits per heavy atom. The number of benzene rings is 1. The highest BCUT2D eigenvalue weighted by Gasteiger charge is 2.00. The van der Waals surface area contributed by atoms with Crippen LogP contribution in [0.2, 0.25) is 0 Å². The van der Waals surface area contributed by atoms with Crippen molar-refractivity contribution in [2.75, 3.05) is 14.2 Å². The number of aryl methyl sites for hydroxylation is 1. The maximum Gasteiger partial charge on any atom is 0.0713 e. The fraction of sp³-hybridized carbons (Fsp3) is 0.538. The number of nitrogens with one attached hydrogen (secondary N) is 1. The van der Waals surface area contributed by atoms with Crippen molar-refractivity contribution in [2.24, 2.45) is 0 Å². The molecule has 0 aliphatic heterocycles. The molecule has 0 aliphatic carbocycles. The van der Waals surface area contributed by atoms with Crippen LogP contribution < -0.4 is 5.32 Å². The Kier molecular flexibility index (Phi) is 5.37. The number of ether oxygens (including phenoxy) is 1. The second-order valence-corrected chi connectivity index (χ2v) is 3.98. The molecule has 0 radical (unpaired) electrons. The summed E-state index contributed by atoms with van der Waals surface area (Å²) in [7, 11) is 3.74. The second-order valence-electron chi connectivity index (χ2n) is 3.98. The number of methoxy groups -OCH3 is 1. The van der Waals surface area contributed by atoms with Gasteiger partial charge in [0.05, 0.1) is 6.61 Å². The predicted octanol–water partition coefficient (Wildman–Crippen LogP) is 2.37. The van der Waals surface area contributed by atoms with Crippen LogP contribution in [0.4, 0.5) is 0 Å². The lowest BCUT2D eigenvalue weighted by Gasteiger charge is -2.10. The van der Waals surface area contributed by atoms with Gasteiger partial charge in [-0.3, -0.25) is 0 Å². The van der Waals surface area contributed by atoms with Gasteiger partial charge in [-0.05, 0) is 37.9 Å². The van der Waals surface area contributed by atoms with E-state index in [1.807, 2.05) is 7.05 Å². The highest BCUT2D eigenvalue weighted by Crippen LogP contribution is 2.09. The van der Waals surface area contributed by atoms with E-state index in [0.717, 1.165) is 6.42 Å². The molecule has 0 aromatic heterocycles. The van der Waals surface area contributed by atoms with Gasteiger partial charge in [-0.1, -0.05) is 24.3 Å². The maximum absolute atomic E-state index is 5.12. The molecule has 0 heterocycles. The Morgan fingerprint density at radius 2 is 2.07 bits per heavy atom. The summed E-state index contributed by atoms with van der Waals surface area (Å²) in [6.07, 6.45) is 2.30. The third-order valence-corrected chi connectivity index (χ3v) is 2.66. The third kappa shape index (κ3) is 4.45. The van der Waals surface area contributed by atoms with Crippen molar-refractivity contribution in [1.82, 2.24) is 5.32 Å². The van der Waals surface area contributed by atoms with E-state index in [1.165, 1.54) is 17.5 Å². The zero-order chi connectivity index (χ0) is 11.1. The molecular weight excluding hydrogens is 186 g/mol. The molecule has 1 unspecified atom stereocenters. The fourth-order valence-electron chi connectivity index (χ4n) is 1.57. The molecule has 0 saturated carbocycles. The van der Waals surface area contributed by atoms with Crippen LogP contribution in [0.15, 0.2) is 24.3 Å². The van der Waals surface area contributed by atoms with Gasteiger partial charge in [-0.2, -0.15) is 0 Å². The summed E-state index contributed by atoms with van der Waals surface area (Å²) in [5.74, 6) is 0. The monoisotopic (exact) mass is 207 g/mol. The lowest BCUT2D eigenvalue weighted by Crippen LogP contribution is -2.21. The van der Waals surface area contributed by atoms with Gasteiger partial charge in [-0.15, -0.1) is 0 Å². The smallest absolute Gasteiger partial charge is 0.0713 e. The second kappa shape index (κ2) is 6.59. The standard InChI is InChI=1S/C13H21NO/c1-11(14-2)7-8-12-5-4-6-13(9-12)10-15-3/h4-6,9,11,14H,7-8,10H2,1-3H3. The Morgan fingerprint density at radius 1 is 1.33 bits per heavy atom. The molecule has 0 saturated heterocycles. The molecule has 1 aromatic carbocycles. The topological polar surface area (TPSA) is 21.3 Å². The molecule has 1 atom stereocenters. The maximum atomic E-state index is 5.12. The Hall–Kier alpha value is -0.860. The minimum absolute atomic E-state index is 0.580. The van der Waals surface area contributed by atoms with E-state index in [1.54, 1.807) is 7.11 Å². The highest BCUT2D eigenvalue weighted by atomic mass is 16.5. The van der Waals surface area contributed by atoms with Crippen LogP contribution in [0, 0.1) is 0 Å². The van der Waals surface area contributed by atoms with Crippen molar-refractivity contribution in [3.63, 3.8) is 0 Å². The summed E-state index contributed by atoms with van der Waals surface area (Å²) in [6, 6.07) is 9.20. The van der Waals surface area contributed by atoms with Crippen LogP contribution in [-0.2, 0) is 17.8 Å². The van der Waals surface area contributed by atoms with Crippen LogP contribution in [0.3, 0.4) is 0 Å². The zero-order valence-electron chi connectivity index (χ0n) is 9.92. The summed E-state index contributed by atoms with van der Waals surface area (Å²) >= 11 is 0. The summed E-state index contributed by atoms with van der Waals surface area (Å²) in [6.45, 7) is 2.91. The zero-order valence-corrected chi connectivity index (χ0v) is 9.92. The van der Waals surface area contributed by atoms with Crippen molar-refractivity contribution in [2.45, 2.75) is 32.4 Å². The van der Waals surface area contributed by atoms with E-state index < -0.39 is 0 Å². The first-order valence-electron chi connectivity index (χ1n) is 5.50. The van der Waals surface area contributed by atoms with Crippen LogP contribution >= 0.6 is 0 Å². The SMILES string of the molecule is CNC(C)CCc1cccc(COC)c1. The van der Waals surface area contributed by atoms with Crippen LogP contribution in [0.25, 0.3) is 0 Å². The molecular formula is C13H21NO. The van der Waals surface area contributed by atoms with E-state index >= 15 is 0 Å². The van der Waals surface area contributed by atoms with E-state index in [-0.39, 0.29) is 0 Å². The molecule has 1 rings (SSSR count). The molecule has 15 heavy (non-hydrogen) atoms. The molecule has 0 fully saturated rings. The Bertz CT molecular complexity index is 286. The largest absolute Gasteiger partial charge is 0.380 e. The molecule has 1 N–H and O–H groups in total. The van der Waals surface area contributed by atoms with E-state index in [0.29, 0.717) is 12.6 Å². The molecule has 0 amide bonds. The quantitative estimate of drug-likeness (QED) is 0.773. The van der Waals surface area contributed by atoms with Gasteiger partial charge in [0, 0.05) is 13.2 Å². The molecule has 84 valence electrons. The van der Waals surface area contributed by atoms with Crippen molar-refractivity contribution < 1.29 is 4.74 Å². The van der Waals surface area contributed by atoms with Gasteiger partial charge in [0.1, 0.15) is 0 Å². The number of hydrogen-bond acceptors (Lipinski definition) is 2. The first-order valence-corrected chi connectivity index (χ1v) is 5.50. The van der Waals surface area contributed by atoms with Crippen molar-refractivity contribution in [1.29, 1.82) is 0 Å². The molecule has 0 aliphatic rings. The minimum atomic E-state index is 0.580. The van der Waals surface area contributed by atoms with E-state index in [2.05, 4.69) is 36.5 Å². The van der Waals surface area contributed by atoms with Gasteiger partial charge in [0.25, 0.3) is 0 Å². The Balaban J connectivity index is 2.50. The van der Waals surface area contributed by atoms with Gasteiger partial charge in [-0.25, -0.2) is 0 Å². The normalized spacial score (nSPS) is 12.7. The summed E-state index contributed by atoms with van der Waals surface area (Å²) < 4.78 is 5.12. The van der Waals surface area contributed by atoms with Crippen LogP contribution in [0.5, 0.6) is 0 Å². The third-order valence-electron chi connectivity index (χ3n) is 2.66. The minimum Gasteiger partial charge on any atom is -0.380 e. The lowest BCUT2D eigenvalue weighted by atomic mass is 10.0. The Labute approximate surface area is 92.6 Å². The van der Waals surface area contributed by atoms with Gasteiger partial charge < -0.3 is 10.1 Å². The van der Waals surface area contributed by atoms with Crippen LogP contribution in [-0.4, -0.2) is 20.2 Å². The average Bonchev–Trinajstić information content (AvgIpc) is 2.27. The fourth-order valence-corrected chi connectivity index (χ4v) is 1.57. The number of hydrogen-bond donors (Lipinski definition) is 1. The van der Waals surface area contributed by atoms with Crippen molar-refractivity contribution in [3.05, 3.63) is 35.4 Å². The van der Waals surface area contributed by atoms with Crippen molar-refractivity contribution >= 4 is 0 Å². The molecule has 2 nitrogen and oxygen atoms in total. The van der Waals surface area contributed by atoms with Gasteiger partial charge >= 0.3 is 0 Å². The van der Waals surface area contributed by atoms with Gasteiger partial charge in [0.2, 0.25) is 0 Å². The van der Waals surface area contributed by atoms with E-state index in [9.17, 15) is 0 Å². The lowest BCUT2D eigenvalue weighted by molar-refractivity contribution is 0.185. The molecule has 0 spiro atoms. The average molecular weight is 207 g/mol. The first kappa shape index (κ1) is 12.2. The summed E-state index contributed by atoms with van der Waals surface area (Å²) in [5, 5.41) is 3.25. The predicted molar refractivity (Wildman–Crippen MR) is 64.0 cm³/mol. The molecule has 0 bridgehead atoms. The molecule has 2 heteroatoms. The first-order chi connectivity index (χ1) is 7.26. The molecule has 1 aromatic rings. The summed E-state index contributed by atoms with van der Waals surface area (Å²) in [5.41, 5.74) is 2.65. The highest BCUT2D eigenvalue weighted by molar-refractivity contribution is 5.23. The van der Waals surface area contributed by atoms with E-state index in [4.69, 9.17) is 4.74 Å².